The number of ketones is 1. The maximum absolute atomic E-state index is 11.8. The van der Waals surface area contributed by atoms with Crippen molar-refractivity contribution < 1.29 is 9.21 Å². The number of Topliss-reactive ketones (excluding diaryl/α,β-unsaturated/α-hetero) is 1. The Morgan fingerprint density at radius 1 is 1.50 bits per heavy atom. The van der Waals surface area contributed by atoms with Gasteiger partial charge in [-0.1, -0.05) is 0 Å². The van der Waals surface area contributed by atoms with Gasteiger partial charge in [-0.2, -0.15) is 0 Å². The Morgan fingerprint density at radius 3 is 2.81 bits per heavy atom. The van der Waals surface area contributed by atoms with Gasteiger partial charge in [-0.3, -0.25) is 9.69 Å². The lowest BCUT2D eigenvalue weighted by molar-refractivity contribution is 0.0870. The van der Waals surface area contributed by atoms with Gasteiger partial charge in [0.25, 0.3) is 0 Å². The predicted molar refractivity (Wildman–Crippen MR) is 61.3 cm³/mol. The molecule has 0 spiro atoms. The highest BCUT2D eigenvalue weighted by molar-refractivity contribution is 5.94. The van der Waals surface area contributed by atoms with E-state index in [2.05, 4.69) is 4.90 Å². The van der Waals surface area contributed by atoms with Gasteiger partial charge >= 0.3 is 0 Å². The molecule has 2 rings (SSSR count). The monoisotopic (exact) mass is 222 g/mol. The number of likely N-dealkylation sites (tertiary alicyclic amines) is 1. The Bertz CT molecular complexity index is 327. The number of piperidine rings is 1. The first-order valence-corrected chi connectivity index (χ1v) is 5.78. The van der Waals surface area contributed by atoms with Crippen LogP contribution in [0.3, 0.4) is 0 Å². The van der Waals surface area contributed by atoms with Crippen LogP contribution in [0.1, 0.15) is 23.4 Å². The fourth-order valence-electron chi connectivity index (χ4n) is 2.10. The molecule has 1 aliphatic heterocycles. The number of rotatable bonds is 4. The second kappa shape index (κ2) is 5.27. The minimum atomic E-state index is 0.0659. The average molecular weight is 222 g/mol. The fourth-order valence-corrected chi connectivity index (χ4v) is 2.10. The van der Waals surface area contributed by atoms with E-state index in [-0.39, 0.29) is 5.78 Å². The Morgan fingerprint density at radius 2 is 2.25 bits per heavy atom. The van der Waals surface area contributed by atoms with Crippen molar-refractivity contribution in [3.63, 3.8) is 0 Å². The molecule has 0 atom stereocenters. The minimum Gasteiger partial charge on any atom is -0.461 e. The van der Waals surface area contributed by atoms with E-state index in [0.29, 0.717) is 18.2 Å². The van der Waals surface area contributed by atoms with Crippen LogP contribution < -0.4 is 5.73 Å². The Balaban J connectivity index is 1.81. The number of carbonyl (C=O) groups excluding carboxylic acids is 1. The van der Waals surface area contributed by atoms with Crippen LogP contribution in [0.4, 0.5) is 0 Å². The zero-order chi connectivity index (χ0) is 11.4. The summed E-state index contributed by atoms with van der Waals surface area (Å²) in [6.45, 7) is 3.16. The van der Waals surface area contributed by atoms with Crippen molar-refractivity contribution in [2.45, 2.75) is 12.8 Å². The van der Waals surface area contributed by atoms with Crippen molar-refractivity contribution in [1.82, 2.24) is 4.90 Å². The van der Waals surface area contributed by atoms with Crippen LogP contribution in [-0.2, 0) is 0 Å². The topological polar surface area (TPSA) is 59.5 Å². The molecule has 0 aliphatic carbocycles. The number of nitrogens with two attached hydrogens (primary N) is 1. The zero-order valence-electron chi connectivity index (χ0n) is 9.39. The second-order valence-electron chi connectivity index (χ2n) is 4.36. The molecule has 0 aromatic carbocycles. The average Bonchev–Trinajstić information content (AvgIpc) is 2.83. The lowest BCUT2D eigenvalue weighted by Gasteiger charge is -2.30. The maximum Gasteiger partial charge on any atom is 0.211 e. The zero-order valence-corrected chi connectivity index (χ0v) is 9.39. The normalized spacial score (nSPS) is 18.8. The van der Waals surface area contributed by atoms with Crippen molar-refractivity contribution in [3.8, 4) is 0 Å². The van der Waals surface area contributed by atoms with Crippen molar-refractivity contribution in [1.29, 1.82) is 0 Å². The van der Waals surface area contributed by atoms with Crippen LogP contribution in [0.5, 0.6) is 0 Å². The summed E-state index contributed by atoms with van der Waals surface area (Å²) >= 11 is 0. The van der Waals surface area contributed by atoms with E-state index < -0.39 is 0 Å². The van der Waals surface area contributed by atoms with E-state index in [1.807, 2.05) is 0 Å². The molecular weight excluding hydrogens is 204 g/mol. The third-order valence-electron chi connectivity index (χ3n) is 3.20. The number of furan rings is 1. The highest BCUT2D eigenvalue weighted by Crippen LogP contribution is 2.16. The molecule has 1 aromatic rings. The molecule has 16 heavy (non-hydrogen) atoms. The summed E-state index contributed by atoms with van der Waals surface area (Å²) in [5, 5.41) is 0. The highest BCUT2D eigenvalue weighted by atomic mass is 16.3. The molecular formula is C12H18N2O2. The second-order valence-corrected chi connectivity index (χ2v) is 4.36. The molecule has 4 nitrogen and oxygen atoms in total. The minimum absolute atomic E-state index is 0.0659. The summed E-state index contributed by atoms with van der Waals surface area (Å²) in [6.07, 6.45) is 3.73. The van der Waals surface area contributed by atoms with Crippen molar-refractivity contribution in [2.75, 3.05) is 26.2 Å². The Kier molecular flexibility index (Phi) is 3.74. The van der Waals surface area contributed by atoms with E-state index in [0.717, 1.165) is 32.5 Å². The van der Waals surface area contributed by atoms with Gasteiger partial charge in [0.15, 0.2) is 5.76 Å². The van der Waals surface area contributed by atoms with Gasteiger partial charge in [0, 0.05) is 0 Å². The van der Waals surface area contributed by atoms with E-state index in [1.165, 1.54) is 6.26 Å². The molecule has 2 heterocycles. The lowest BCUT2D eigenvalue weighted by atomic mass is 9.97. The van der Waals surface area contributed by atoms with Gasteiger partial charge in [0.05, 0.1) is 12.8 Å². The molecule has 0 bridgehead atoms. The van der Waals surface area contributed by atoms with E-state index in [1.54, 1.807) is 12.1 Å². The largest absolute Gasteiger partial charge is 0.461 e. The summed E-state index contributed by atoms with van der Waals surface area (Å²) in [6, 6.07) is 3.46. The molecule has 0 radical (unpaired) electrons. The molecule has 2 N–H and O–H groups in total. The maximum atomic E-state index is 11.8. The van der Waals surface area contributed by atoms with Crippen molar-refractivity contribution in [3.05, 3.63) is 24.2 Å². The quantitative estimate of drug-likeness (QED) is 0.776. The number of carbonyl (C=O) groups is 1. The predicted octanol–water partition coefficient (Wildman–Crippen LogP) is 1.13. The molecule has 1 aromatic heterocycles. The molecule has 0 unspecified atom stereocenters. The summed E-state index contributed by atoms with van der Waals surface area (Å²) in [5.41, 5.74) is 5.63. The molecule has 0 saturated carbocycles. The molecule has 4 heteroatoms. The molecule has 1 saturated heterocycles. The summed E-state index contributed by atoms with van der Waals surface area (Å²) < 4.78 is 5.08. The molecule has 88 valence electrons. The SMILES string of the molecule is NCC1CCN(CC(=O)c2ccco2)CC1. The summed E-state index contributed by atoms with van der Waals surface area (Å²) in [4.78, 5) is 13.9. The van der Waals surface area contributed by atoms with Crippen LogP contribution in [0.25, 0.3) is 0 Å². The number of hydrogen-bond donors (Lipinski definition) is 1. The van der Waals surface area contributed by atoms with Crippen molar-refractivity contribution in [2.24, 2.45) is 11.7 Å². The first-order chi connectivity index (χ1) is 7.79. The van der Waals surface area contributed by atoms with Crippen molar-refractivity contribution >= 4 is 5.78 Å². The smallest absolute Gasteiger partial charge is 0.211 e. The molecule has 1 aliphatic rings. The standard InChI is InChI=1S/C12H18N2O2/c13-8-10-3-5-14(6-4-10)9-11(15)12-2-1-7-16-12/h1-2,7,10H,3-6,8-9,13H2. The Hall–Kier alpha value is -1.13. The lowest BCUT2D eigenvalue weighted by Crippen LogP contribution is -2.39. The van der Waals surface area contributed by atoms with Crippen LogP contribution in [0, 0.1) is 5.92 Å². The van der Waals surface area contributed by atoms with Crippen LogP contribution in [-0.4, -0.2) is 36.9 Å². The Labute approximate surface area is 95.4 Å². The number of nitrogens with zero attached hydrogens (tertiary/aromatic N) is 1. The van der Waals surface area contributed by atoms with Gasteiger partial charge in [0.2, 0.25) is 5.78 Å². The van der Waals surface area contributed by atoms with Gasteiger partial charge in [-0.25, -0.2) is 0 Å². The van der Waals surface area contributed by atoms with E-state index in [4.69, 9.17) is 10.2 Å². The molecule has 1 fully saturated rings. The van der Waals surface area contributed by atoms with E-state index >= 15 is 0 Å². The third kappa shape index (κ3) is 2.71. The van der Waals surface area contributed by atoms with Crippen LogP contribution in [0.15, 0.2) is 22.8 Å². The third-order valence-corrected chi connectivity index (χ3v) is 3.20. The van der Waals surface area contributed by atoms with E-state index in [9.17, 15) is 4.79 Å². The van der Waals surface area contributed by atoms with Crippen LogP contribution >= 0.6 is 0 Å². The van der Waals surface area contributed by atoms with Gasteiger partial charge in [-0.15, -0.1) is 0 Å². The summed E-state index contributed by atoms with van der Waals surface area (Å²) in [5.74, 6) is 1.16. The molecule has 0 amide bonds. The van der Waals surface area contributed by atoms with Crippen LogP contribution in [0.2, 0.25) is 0 Å². The summed E-state index contributed by atoms with van der Waals surface area (Å²) in [7, 11) is 0. The first-order valence-electron chi connectivity index (χ1n) is 5.78. The fraction of sp³-hybridized carbons (Fsp3) is 0.583. The van der Waals surface area contributed by atoms with Gasteiger partial charge < -0.3 is 10.2 Å². The van der Waals surface area contributed by atoms with Gasteiger partial charge in [-0.05, 0) is 50.5 Å². The first kappa shape index (κ1) is 11.4. The number of hydrogen-bond acceptors (Lipinski definition) is 4. The highest BCUT2D eigenvalue weighted by Gasteiger charge is 2.20. The van der Waals surface area contributed by atoms with Gasteiger partial charge in [0.1, 0.15) is 0 Å².